The standard InChI is InChI=1S/C9H12N4/c1-7-5-12-9(13-6-7)8(4-11)2-3-10/h2-6H,10-11H2,1H3/b3-2-,8-4+. The number of rotatable bonds is 2. The predicted molar refractivity (Wildman–Crippen MR) is 52.3 cm³/mol. The average Bonchev–Trinajstić information content (AvgIpc) is 2.16. The topological polar surface area (TPSA) is 77.8 Å². The van der Waals surface area contributed by atoms with Crippen LogP contribution in [0.25, 0.3) is 5.57 Å². The molecule has 0 saturated carbocycles. The number of nitrogens with two attached hydrogens (primary N) is 2. The lowest BCUT2D eigenvalue weighted by molar-refractivity contribution is 1.09. The molecule has 13 heavy (non-hydrogen) atoms. The largest absolute Gasteiger partial charge is 0.405 e. The van der Waals surface area contributed by atoms with Crippen molar-refractivity contribution in [2.45, 2.75) is 6.92 Å². The van der Waals surface area contributed by atoms with Crippen LogP contribution in [-0.2, 0) is 0 Å². The summed E-state index contributed by atoms with van der Waals surface area (Å²) in [6, 6.07) is 0. The number of hydrogen-bond acceptors (Lipinski definition) is 4. The zero-order chi connectivity index (χ0) is 9.68. The number of allylic oxidation sites excluding steroid dienone is 2. The number of aromatic nitrogens is 2. The minimum absolute atomic E-state index is 0.579. The van der Waals surface area contributed by atoms with Crippen LogP contribution in [0.2, 0.25) is 0 Å². The maximum atomic E-state index is 5.38. The molecule has 0 aliphatic carbocycles. The first-order chi connectivity index (χ1) is 6.27. The SMILES string of the molecule is Cc1cnc(C(/C=C\N)=C/N)nc1. The zero-order valence-corrected chi connectivity index (χ0v) is 7.44. The van der Waals surface area contributed by atoms with E-state index in [4.69, 9.17) is 11.5 Å². The Balaban J connectivity index is 3.00. The molecule has 68 valence electrons. The maximum absolute atomic E-state index is 5.38. The van der Waals surface area contributed by atoms with Crippen molar-refractivity contribution in [3.63, 3.8) is 0 Å². The Hall–Kier alpha value is -1.84. The molecule has 0 fully saturated rings. The van der Waals surface area contributed by atoms with Crippen LogP contribution in [0.3, 0.4) is 0 Å². The molecule has 0 radical (unpaired) electrons. The molecule has 0 atom stereocenters. The highest BCUT2D eigenvalue weighted by molar-refractivity contribution is 5.68. The zero-order valence-electron chi connectivity index (χ0n) is 7.44. The fourth-order valence-corrected chi connectivity index (χ4v) is 0.850. The van der Waals surface area contributed by atoms with Crippen molar-refractivity contribution in [3.05, 3.63) is 42.3 Å². The van der Waals surface area contributed by atoms with Crippen LogP contribution in [0.4, 0.5) is 0 Å². The van der Waals surface area contributed by atoms with Gasteiger partial charge in [-0.3, -0.25) is 0 Å². The highest BCUT2D eigenvalue weighted by Crippen LogP contribution is 2.08. The van der Waals surface area contributed by atoms with E-state index >= 15 is 0 Å². The molecule has 1 aromatic heterocycles. The first-order valence-electron chi connectivity index (χ1n) is 3.87. The van der Waals surface area contributed by atoms with Gasteiger partial charge >= 0.3 is 0 Å². The van der Waals surface area contributed by atoms with E-state index in [1.54, 1.807) is 18.5 Å². The number of aryl methyl sites for hydroxylation is 1. The third-order valence-electron chi connectivity index (χ3n) is 1.49. The van der Waals surface area contributed by atoms with Gasteiger partial charge in [0.15, 0.2) is 5.82 Å². The highest BCUT2D eigenvalue weighted by Gasteiger charge is 1.98. The van der Waals surface area contributed by atoms with Crippen LogP contribution >= 0.6 is 0 Å². The average molecular weight is 176 g/mol. The Bertz CT molecular complexity index is 324. The second-order valence-corrected chi connectivity index (χ2v) is 2.57. The van der Waals surface area contributed by atoms with Crippen molar-refractivity contribution >= 4 is 5.57 Å². The van der Waals surface area contributed by atoms with Crippen LogP contribution in [-0.4, -0.2) is 9.97 Å². The Kier molecular flexibility index (Phi) is 3.03. The van der Waals surface area contributed by atoms with Gasteiger partial charge < -0.3 is 11.5 Å². The van der Waals surface area contributed by atoms with E-state index in [2.05, 4.69) is 9.97 Å². The molecule has 0 amide bonds. The van der Waals surface area contributed by atoms with Crippen molar-refractivity contribution in [1.82, 2.24) is 9.97 Å². The lowest BCUT2D eigenvalue weighted by Crippen LogP contribution is -1.95. The summed E-state index contributed by atoms with van der Waals surface area (Å²) in [6.45, 7) is 1.92. The van der Waals surface area contributed by atoms with Gasteiger partial charge in [0.25, 0.3) is 0 Å². The van der Waals surface area contributed by atoms with Crippen LogP contribution < -0.4 is 11.5 Å². The van der Waals surface area contributed by atoms with E-state index in [0.717, 1.165) is 5.56 Å². The molecule has 0 aromatic carbocycles. The van der Waals surface area contributed by atoms with Crippen molar-refractivity contribution < 1.29 is 0 Å². The molecule has 4 heteroatoms. The summed E-state index contributed by atoms with van der Waals surface area (Å²) < 4.78 is 0. The van der Waals surface area contributed by atoms with Gasteiger partial charge in [0, 0.05) is 24.2 Å². The van der Waals surface area contributed by atoms with Gasteiger partial charge in [0.2, 0.25) is 0 Å². The lowest BCUT2D eigenvalue weighted by Gasteiger charge is -1.98. The molecular formula is C9H12N4. The molecule has 0 unspecified atom stereocenters. The maximum Gasteiger partial charge on any atom is 0.160 e. The summed E-state index contributed by atoms with van der Waals surface area (Å²) in [6.07, 6.45) is 7.95. The Morgan fingerprint density at radius 3 is 2.38 bits per heavy atom. The van der Waals surface area contributed by atoms with Gasteiger partial charge in [0.05, 0.1) is 0 Å². The van der Waals surface area contributed by atoms with Crippen molar-refractivity contribution in [1.29, 1.82) is 0 Å². The van der Waals surface area contributed by atoms with E-state index < -0.39 is 0 Å². The van der Waals surface area contributed by atoms with Gasteiger partial charge in [-0.25, -0.2) is 9.97 Å². The highest BCUT2D eigenvalue weighted by atomic mass is 14.9. The van der Waals surface area contributed by atoms with Crippen molar-refractivity contribution in [2.24, 2.45) is 11.5 Å². The normalized spacial score (nSPS) is 12.2. The molecule has 0 aliphatic rings. The molecule has 4 N–H and O–H groups in total. The van der Waals surface area contributed by atoms with Crippen molar-refractivity contribution in [3.8, 4) is 0 Å². The lowest BCUT2D eigenvalue weighted by atomic mass is 10.2. The van der Waals surface area contributed by atoms with Gasteiger partial charge in [-0.05, 0) is 24.8 Å². The molecule has 0 aliphatic heterocycles. The fourth-order valence-electron chi connectivity index (χ4n) is 0.850. The summed E-state index contributed by atoms with van der Waals surface area (Å²) in [5, 5.41) is 0. The summed E-state index contributed by atoms with van der Waals surface area (Å²) in [5.74, 6) is 0.579. The van der Waals surface area contributed by atoms with E-state index in [-0.39, 0.29) is 0 Å². The monoisotopic (exact) mass is 176 g/mol. The minimum Gasteiger partial charge on any atom is -0.405 e. The number of nitrogens with zero attached hydrogens (tertiary/aromatic N) is 2. The van der Waals surface area contributed by atoms with E-state index in [1.807, 2.05) is 6.92 Å². The Morgan fingerprint density at radius 1 is 1.31 bits per heavy atom. The Morgan fingerprint density at radius 2 is 1.92 bits per heavy atom. The van der Waals surface area contributed by atoms with Crippen LogP contribution in [0, 0.1) is 6.92 Å². The minimum atomic E-state index is 0.579. The number of hydrogen-bond donors (Lipinski definition) is 2. The summed E-state index contributed by atoms with van der Waals surface area (Å²) in [4.78, 5) is 8.20. The van der Waals surface area contributed by atoms with Crippen LogP contribution in [0.5, 0.6) is 0 Å². The predicted octanol–water partition coefficient (Wildman–Crippen LogP) is 0.557. The van der Waals surface area contributed by atoms with Gasteiger partial charge in [-0.15, -0.1) is 0 Å². The third-order valence-corrected chi connectivity index (χ3v) is 1.49. The van der Waals surface area contributed by atoms with E-state index in [1.165, 1.54) is 12.4 Å². The second kappa shape index (κ2) is 4.25. The third kappa shape index (κ3) is 2.30. The quantitative estimate of drug-likeness (QED) is 0.645. The summed E-state index contributed by atoms with van der Waals surface area (Å²) >= 11 is 0. The van der Waals surface area contributed by atoms with Gasteiger partial charge in [0.1, 0.15) is 0 Å². The molecule has 0 saturated heterocycles. The molecule has 4 nitrogen and oxygen atoms in total. The summed E-state index contributed by atoms with van der Waals surface area (Å²) in [7, 11) is 0. The first-order valence-corrected chi connectivity index (χ1v) is 3.87. The van der Waals surface area contributed by atoms with Crippen molar-refractivity contribution in [2.75, 3.05) is 0 Å². The summed E-state index contributed by atoms with van der Waals surface area (Å²) in [5.41, 5.74) is 12.3. The smallest absolute Gasteiger partial charge is 0.160 e. The van der Waals surface area contributed by atoms with Gasteiger partial charge in [-0.1, -0.05) is 0 Å². The molecular weight excluding hydrogens is 164 g/mol. The van der Waals surface area contributed by atoms with Gasteiger partial charge in [-0.2, -0.15) is 0 Å². The molecule has 0 bridgehead atoms. The van der Waals surface area contributed by atoms with Crippen LogP contribution in [0.1, 0.15) is 11.4 Å². The second-order valence-electron chi connectivity index (χ2n) is 2.57. The fraction of sp³-hybridized carbons (Fsp3) is 0.111. The first kappa shape index (κ1) is 9.25. The molecule has 1 rings (SSSR count). The van der Waals surface area contributed by atoms with Crippen LogP contribution in [0.15, 0.2) is 30.9 Å². The van der Waals surface area contributed by atoms with E-state index in [0.29, 0.717) is 11.4 Å². The Labute approximate surface area is 77.0 Å². The molecule has 1 aromatic rings. The molecule has 0 spiro atoms. The molecule has 1 heterocycles. The van der Waals surface area contributed by atoms with E-state index in [9.17, 15) is 0 Å².